The van der Waals surface area contributed by atoms with Gasteiger partial charge in [-0.3, -0.25) is 9.69 Å². The van der Waals surface area contributed by atoms with E-state index in [1.807, 2.05) is 79.7 Å². The smallest absolute Gasteiger partial charge is 0.325 e. The van der Waals surface area contributed by atoms with Crippen LogP contribution in [0.5, 0.6) is 0 Å². The van der Waals surface area contributed by atoms with E-state index in [0.29, 0.717) is 6.54 Å². The van der Waals surface area contributed by atoms with Gasteiger partial charge >= 0.3 is 5.97 Å². The summed E-state index contributed by atoms with van der Waals surface area (Å²) in [6.07, 6.45) is 3.71. The summed E-state index contributed by atoms with van der Waals surface area (Å²) in [6.45, 7) is 2.49. The first-order chi connectivity index (χ1) is 12.0. The van der Waals surface area contributed by atoms with Crippen LogP contribution in [0, 0.1) is 6.92 Å². The lowest BCUT2D eigenvalue weighted by atomic mass is 10.0. The normalized spacial score (nSPS) is 12.3. The first kappa shape index (κ1) is 16.9. The standard InChI is InChI=1S/C20H21N3O2/c1-15-8-10-17(11-9-15)19(20(24)25)22(2)13-16-12-21-23(14-16)18-6-4-3-5-7-18/h3-12,14,19H,13H2,1-2H3,(H,24,25)/t19-/m0/s1. The summed E-state index contributed by atoms with van der Waals surface area (Å²) in [5.41, 5.74) is 3.82. The Labute approximate surface area is 147 Å². The van der Waals surface area contributed by atoms with Gasteiger partial charge in [0.05, 0.1) is 11.9 Å². The molecular weight excluding hydrogens is 314 g/mol. The Morgan fingerprint density at radius 1 is 1.16 bits per heavy atom. The summed E-state index contributed by atoms with van der Waals surface area (Å²) in [4.78, 5) is 13.6. The molecule has 3 rings (SSSR count). The zero-order valence-corrected chi connectivity index (χ0v) is 14.3. The fourth-order valence-corrected chi connectivity index (χ4v) is 2.88. The molecule has 0 bridgehead atoms. The molecule has 0 saturated heterocycles. The molecule has 1 heterocycles. The van der Waals surface area contributed by atoms with E-state index < -0.39 is 12.0 Å². The van der Waals surface area contributed by atoms with Crippen molar-refractivity contribution in [1.82, 2.24) is 14.7 Å². The van der Waals surface area contributed by atoms with Crippen LogP contribution in [-0.4, -0.2) is 32.8 Å². The topological polar surface area (TPSA) is 58.4 Å². The molecule has 0 aliphatic carbocycles. The van der Waals surface area contributed by atoms with Gasteiger partial charge < -0.3 is 5.11 Å². The van der Waals surface area contributed by atoms with Crippen molar-refractivity contribution in [3.63, 3.8) is 0 Å². The van der Waals surface area contributed by atoms with Gasteiger partial charge in [-0.15, -0.1) is 0 Å². The predicted octanol–water partition coefficient (Wildman–Crippen LogP) is 3.44. The van der Waals surface area contributed by atoms with Gasteiger partial charge in [0.2, 0.25) is 0 Å². The van der Waals surface area contributed by atoms with Crippen LogP contribution in [0.1, 0.15) is 22.7 Å². The summed E-state index contributed by atoms with van der Waals surface area (Å²) < 4.78 is 1.80. The number of aliphatic carboxylic acids is 1. The van der Waals surface area contributed by atoms with Crippen molar-refractivity contribution in [3.8, 4) is 5.69 Å². The highest BCUT2D eigenvalue weighted by Crippen LogP contribution is 2.22. The molecule has 0 aliphatic heterocycles. The van der Waals surface area contributed by atoms with Gasteiger partial charge in [0.15, 0.2) is 0 Å². The Hall–Kier alpha value is -2.92. The Kier molecular flexibility index (Phi) is 4.95. The van der Waals surface area contributed by atoms with Gasteiger partial charge in [-0.05, 0) is 31.7 Å². The number of rotatable bonds is 6. The SMILES string of the molecule is Cc1ccc([C@@H](C(=O)O)N(C)Cc2cnn(-c3ccccc3)c2)cc1. The molecule has 1 aromatic heterocycles. The van der Waals surface area contributed by atoms with Gasteiger partial charge in [0.25, 0.3) is 0 Å². The molecule has 128 valence electrons. The lowest BCUT2D eigenvalue weighted by Crippen LogP contribution is -2.30. The van der Waals surface area contributed by atoms with Crippen LogP contribution >= 0.6 is 0 Å². The van der Waals surface area contributed by atoms with Crippen molar-refractivity contribution in [1.29, 1.82) is 0 Å². The van der Waals surface area contributed by atoms with Gasteiger partial charge in [-0.1, -0.05) is 48.0 Å². The molecule has 1 atom stereocenters. The molecule has 1 N–H and O–H groups in total. The maximum atomic E-state index is 11.8. The largest absolute Gasteiger partial charge is 0.480 e. The quantitative estimate of drug-likeness (QED) is 0.750. The maximum absolute atomic E-state index is 11.8. The highest BCUT2D eigenvalue weighted by Gasteiger charge is 2.25. The molecule has 0 radical (unpaired) electrons. The highest BCUT2D eigenvalue weighted by atomic mass is 16.4. The van der Waals surface area contributed by atoms with E-state index in [4.69, 9.17) is 0 Å². The summed E-state index contributed by atoms with van der Waals surface area (Å²) in [5, 5.41) is 14.0. The minimum Gasteiger partial charge on any atom is -0.480 e. The van der Waals surface area contributed by atoms with Crippen LogP contribution in [0.15, 0.2) is 67.0 Å². The molecule has 0 spiro atoms. The van der Waals surface area contributed by atoms with E-state index in [2.05, 4.69) is 5.10 Å². The van der Waals surface area contributed by atoms with E-state index in [1.165, 1.54) is 0 Å². The van der Waals surface area contributed by atoms with Crippen LogP contribution in [0.2, 0.25) is 0 Å². The number of benzene rings is 2. The Bertz CT molecular complexity index is 841. The Balaban J connectivity index is 1.78. The van der Waals surface area contributed by atoms with Gasteiger partial charge in [-0.25, -0.2) is 4.68 Å². The second-order valence-corrected chi connectivity index (χ2v) is 6.20. The van der Waals surface area contributed by atoms with Gasteiger partial charge in [0.1, 0.15) is 6.04 Å². The summed E-state index contributed by atoms with van der Waals surface area (Å²) in [5.74, 6) is -0.859. The molecule has 5 nitrogen and oxygen atoms in total. The van der Waals surface area contributed by atoms with Gasteiger partial charge in [0, 0.05) is 18.3 Å². The fraction of sp³-hybridized carbons (Fsp3) is 0.200. The average Bonchev–Trinajstić information content (AvgIpc) is 3.06. The first-order valence-electron chi connectivity index (χ1n) is 8.13. The number of aromatic nitrogens is 2. The first-order valence-corrected chi connectivity index (χ1v) is 8.13. The maximum Gasteiger partial charge on any atom is 0.325 e. The summed E-state index contributed by atoms with van der Waals surface area (Å²) in [7, 11) is 1.82. The van der Waals surface area contributed by atoms with Crippen molar-refractivity contribution >= 4 is 5.97 Å². The van der Waals surface area contributed by atoms with Crippen LogP contribution in [-0.2, 0) is 11.3 Å². The highest BCUT2D eigenvalue weighted by molar-refractivity contribution is 5.75. The van der Waals surface area contributed by atoms with Crippen LogP contribution in [0.25, 0.3) is 5.69 Å². The molecule has 0 amide bonds. The number of carbonyl (C=O) groups is 1. The Morgan fingerprint density at radius 2 is 1.84 bits per heavy atom. The minimum absolute atomic E-state index is 0.498. The number of hydrogen-bond donors (Lipinski definition) is 1. The number of nitrogens with zero attached hydrogens (tertiary/aromatic N) is 3. The third-order valence-electron chi connectivity index (χ3n) is 4.16. The number of carboxylic acid groups (broad SMARTS) is 1. The van der Waals surface area contributed by atoms with E-state index in [0.717, 1.165) is 22.4 Å². The monoisotopic (exact) mass is 335 g/mol. The molecule has 0 fully saturated rings. The van der Waals surface area contributed by atoms with Crippen molar-refractivity contribution in [3.05, 3.63) is 83.7 Å². The lowest BCUT2D eigenvalue weighted by Gasteiger charge is -2.24. The van der Waals surface area contributed by atoms with Crippen molar-refractivity contribution in [2.45, 2.75) is 19.5 Å². The molecule has 5 heteroatoms. The van der Waals surface area contributed by atoms with Crippen molar-refractivity contribution in [2.24, 2.45) is 0 Å². The van der Waals surface area contributed by atoms with E-state index in [9.17, 15) is 9.90 Å². The van der Waals surface area contributed by atoms with Crippen LogP contribution in [0.3, 0.4) is 0 Å². The van der Waals surface area contributed by atoms with Crippen LogP contribution < -0.4 is 0 Å². The third kappa shape index (κ3) is 3.95. The van der Waals surface area contributed by atoms with E-state index in [-0.39, 0.29) is 0 Å². The zero-order chi connectivity index (χ0) is 17.8. The third-order valence-corrected chi connectivity index (χ3v) is 4.16. The summed E-state index contributed by atoms with van der Waals surface area (Å²) in [6, 6.07) is 16.8. The molecule has 3 aromatic rings. The zero-order valence-electron chi connectivity index (χ0n) is 14.3. The van der Waals surface area contributed by atoms with Crippen LogP contribution in [0.4, 0.5) is 0 Å². The number of hydrogen-bond acceptors (Lipinski definition) is 3. The number of carboxylic acids is 1. The second kappa shape index (κ2) is 7.32. The predicted molar refractivity (Wildman–Crippen MR) is 96.6 cm³/mol. The molecule has 0 unspecified atom stereocenters. The van der Waals surface area contributed by atoms with Crippen molar-refractivity contribution in [2.75, 3.05) is 7.05 Å². The fourth-order valence-electron chi connectivity index (χ4n) is 2.88. The average molecular weight is 335 g/mol. The number of likely N-dealkylation sites (N-methyl/N-ethyl adjacent to an activating group) is 1. The second-order valence-electron chi connectivity index (χ2n) is 6.20. The minimum atomic E-state index is -0.859. The Morgan fingerprint density at radius 3 is 2.48 bits per heavy atom. The van der Waals surface area contributed by atoms with Crippen molar-refractivity contribution < 1.29 is 9.90 Å². The van der Waals surface area contributed by atoms with Gasteiger partial charge in [-0.2, -0.15) is 5.10 Å². The molecular formula is C20H21N3O2. The summed E-state index contributed by atoms with van der Waals surface area (Å²) >= 11 is 0. The number of aryl methyl sites for hydroxylation is 1. The molecule has 0 aliphatic rings. The lowest BCUT2D eigenvalue weighted by molar-refractivity contribution is -0.143. The van der Waals surface area contributed by atoms with E-state index >= 15 is 0 Å². The van der Waals surface area contributed by atoms with E-state index in [1.54, 1.807) is 10.9 Å². The molecule has 2 aromatic carbocycles. The molecule has 25 heavy (non-hydrogen) atoms. The molecule has 0 saturated carbocycles. The number of para-hydroxylation sites is 1.